The first kappa shape index (κ1) is 41.9. The SMILES string of the molecule is CC1(C)C(NC(=O)c2ccc(N3CCC(CN4CCN(c5ccc6c(=O)n(C7CCC(=O)NC7=O)nc(C7CC7)c6c5)CC4)CC3)cc2)C(C)(C)C1Oc1ccc(C#N)c(Cl)c1. The minimum absolute atomic E-state index is 0.0988. The number of halogens is 1. The Hall–Kier alpha value is -5.45. The largest absolute Gasteiger partial charge is 0.489 e. The molecule has 2 aliphatic carbocycles. The molecule has 62 heavy (non-hydrogen) atoms. The number of anilines is 2. The van der Waals surface area contributed by atoms with Crippen LogP contribution in [-0.2, 0) is 9.59 Å². The van der Waals surface area contributed by atoms with E-state index in [4.69, 9.17) is 21.4 Å². The number of aromatic nitrogens is 2. The molecule has 0 bridgehead atoms. The molecule has 5 aliphatic rings. The van der Waals surface area contributed by atoms with E-state index in [9.17, 15) is 24.4 Å². The summed E-state index contributed by atoms with van der Waals surface area (Å²) in [6.45, 7) is 15.2. The molecule has 4 heterocycles. The Morgan fingerprint density at radius 3 is 2.18 bits per heavy atom. The number of nitrogens with one attached hydrogen (secondary N) is 2. The van der Waals surface area contributed by atoms with Gasteiger partial charge in [0.15, 0.2) is 0 Å². The average Bonchev–Trinajstić information content (AvgIpc) is 4.11. The number of benzene rings is 3. The summed E-state index contributed by atoms with van der Waals surface area (Å²) in [5.41, 5.74) is 3.18. The number of hydrogen-bond acceptors (Lipinski definition) is 10. The van der Waals surface area contributed by atoms with Crippen LogP contribution >= 0.6 is 11.6 Å². The molecule has 3 aliphatic heterocycles. The third-order valence-electron chi connectivity index (χ3n) is 14.2. The van der Waals surface area contributed by atoms with E-state index < -0.39 is 11.9 Å². The third-order valence-corrected chi connectivity index (χ3v) is 14.5. The normalized spacial score (nSPS) is 24.0. The van der Waals surface area contributed by atoms with Crippen LogP contribution in [0.4, 0.5) is 11.4 Å². The van der Waals surface area contributed by atoms with Gasteiger partial charge >= 0.3 is 0 Å². The Labute approximate surface area is 367 Å². The zero-order valence-corrected chi connectivity index (χ0v) is 36.7. The number of piperazine rings is 1. The predicted molar refractivity (Wildman–Crippen MR) is 239 cm³/mol. The average molecular weight is 859 g/mol. The van der Waals surface area contributed by atoms with Crippen molar-refractivity contribution in [3.8, 4) is 11.8 Å². The smallest absolute Gasteiger partial charge is 0.275 e. The number of amides is 3. The number of carbonyl (C=O) groups is 3. The highest BCUT2D eigenvalue weighted by Crippen LogP contribution is 2.55. The van der Waals surface area contributed by atoms with Gasteiger partial charge in [0.2, 0.25) is 5.91 Å². The minimum Gasteiger partial charge on any atom is -0.489 e. The lowest BCUT2D eigenvalue weighted by Crippen LogP contribution is -2.74. The first-order valence-electron chi connectivity index (χ1n) is 22.1. The quantitative estimate of drug-likeness (QED) is 0.171. The van der Waals surface area contributed by atoms with Crippen LogP contribution in [0.25, 0.3) is 10.8 Å². The summed E-state index contributed by atoms with van der Waals surface area (Å²) >= 11 is 6.27. The molecule has 5 fully saturated rings. The monoisotopic (exact) mass is 858 g/mol. The number of nitrogens with zero attached hydrogens (tertiary/aromatic N) is 6. The molecule has 3 saturated heterocycles. The molecule has 14 heteroatoms. The van der Waals surface area contributed by atoms with E-state index >= 15 is 0 Å². The summed E-state index contributed by atoms with van der Waals surface area (Å²) in [7, 11) is 0. The maximum absolute atomic E-state index is 13.6. The highest BCUT2D eigenvalue weighted by molar-refractivity contribution is 6.31. The van der Waals surface area contributed by atoms with Crippen molar-refractivity contribution in [1.29, 1.82) is 5.26 Å². The van der Waals surface area contributed by atoms with Crippen molar-refractivity contribution >= 4 is 51.5 Å². The Kier molecular flexibility index (Phi) is 11.0. The van der Waals surface area contributed by atoms with Crippen molar-refractivity contribution in [3.05, 3.63) is 92.9 Å². The van der Waals surface area contributed by atoms with Gasteiger partial charge in [-0.25, -0.2) is 4.68 Å². The van der Waals surface area contributed by atoms with Crippen LogP contribution in [-0.4, -0.2) is 90.4 Å². The van der Waals surface area contributed by atoms with Gasteiger partial charge in [0.1, 0.15) is 24.0 Å². The van der Waals surface area contributed by atoms with Gasteiger partial charge in [0.25, 0.3) is 17.4 Å². The number of piperidine rings is 2. The second-order valence-corrected chi connectivity index (χ2v) is 19.6. The topological polar surface area (TPSA) is 153 Å². The summed E-state index contributed by atoms with van der Waals surface area (Å²) in [5.74, 6) is 0.640. The second kappa shape index (κ2) is 16.3. The van der Waals surface area contributed by atoms with Crippen molar-refractivity contribution in [1.82, 2.24) is 25.3 Å². The van der Waals surface area contributed by atoms with Gasteiger partial charge in [-0.3, -0.25) is 29.4 Å². The Morgan fingerprint density at radius 1 is 0.855 bits per heavy atom. The first-order valence-corrected chi connectivity index (χ1v) is 22.5. The van der Waals surface area contributed by atoms with Gasteiger partial charge in [0, 0.05) is 103 Å². The molecule has 9 rings (SSSR count). The van der Waals surface area contributed by atoms with Crippen molar-refractivity contribution < 1.29 is 19.1 Å². The molecule has 1 unspecified atom stereocenters. The van der Waals surface area contributed by atoms with E-state index in [1.807, 2.05) is 24.3 Å². The van der Waals surface area contributed by atoms with Crippen LogP contribution in [0.2, 0.25) is 5.02 Å². The van der Waals surface area contributed by atoms with Crippen molar-refractivity contribution in [3.63, 3.8) is 0 Å². The van der Waals surface area contributed by atoms with E-state index in [2.05, 4.69) is 77.3 Å². The molecule has 4 aromatic rings. The molecular weight excluding hydrogens is 804 g/mol. The third kappa shape index (κ3) is 7.92. The highest BCUT2D eigenvalue weighted by atomic mass is 35.5. The summed E-state index contributed by atoms with van der Waals surface area (Å²) in [6, 6.07) is 20.3. The van der Waals surface area contributed by atoms with Crippen LogP contribution in [0, 0.1) is 28.1 Å². The molecule has 13 nitrogen and oxygen atoms in total. The maximum Gasteiger partial charge on any atom is 0.275 e. The van der Waals surface area contributed by atoms with E-state index in [0.29, 0.717) is 33.2 Å². The lowest BCUT2D eigenvalue weighted by atomic mass is 9.49. The highest BCUT2D eigenvalue weighted by Gasteiger charge is 2.64. The van der Waals surface area contributed by atoms with Crippen LogP contribution in [0.5, 0.6) is 5.75 Å². The van der Waals surface area contributed by atoms with E-state index in [1.54, 1.807) is 18.2 Å². The Balaban J connectivity index is 0.754. The fourth-order valence-electron chi connectivity index (χ4n) is 10.8. The van der Waals surface area contributed by atoms with Crippen molar-refractivity contribution in [2.45, 2.75) is 90.3 Å². The molecular formula is C48H55ClN8O5. The second-order valence-electron chi connectivity index (χ2n) is 19.2. The van der Waals surface area contributed by atoms with Crippen LogP contribution in [0.1, 0.15) is 99.8 Å². The van der Waals surface area contributed by atoms with Gasteiger partial charge in [-0.15, -0.1) is 0 Å². The van der Waals surface area contributed by atoms with Gasteiger partial charge in [-0.2, -0.15) is 10.4 Å². The number of nitriles is 1. The maximum atomic E-state index is 13.6. The molecule has 2 N–H and O–H groups in total. The summed E-state index contributed by atoms with van der Waals surface area (Å²) in [6.07, 6.45) is 4.56. The van der Waals surface area contributed by atoms with Crippen LogP contribution in [0.15, 0.2) is 65.5 Å². The number of imide groups is 1. The molecule has 3 amide bonds. The zero-order valence-electron chi connectivity index (χ0n) is 36.0. The van der Waals surface area contributed by atoms with Crippen molar-refractivity contribution in [2.75, 3.05) is 55.6 Å². The van der Waals surface area contributed by atoms with E-state index in [0.717, 1.165) is 94.0 Å². The molecule has 2 saturated carbocycles. The van der Waals surface area contributed by atoms with E-state index in [1.165, 1.54) is 4.68 Å². The summed E-state index contributed by atoms with van der Waals surface area (Å²) in [4.78, 5) is 59.0. The number of fused-ring (bicyclic) bond motifs is 1. The van der Waals surface area contributed by atoms with E-state index in [-0.39, 0.29) is 59.1 Å². The number of hydrogen-bond donors (Lipinski definition) is 2. The molecule has 0 radical (unpaired) electrons. The van der Waals surface area contributed by atoms with Gasteiger partial charge in [-0.1, -0.05) is 39.3 Å². The molecule has 3 aromatic carbocycles. The lowest BCUT2D eigenvalue weighted by Gasteiger charge is -2.63. The molecule has 1 aromatic heterocycles. The van der Waals surface area contributed by atoms with Gasteiger partial charge < -0.3 is 19.9 Å². The fourth-order valence-corrected chi connectivity index (χ4v) is 11.0. The summed E-state index contributed by atoms with van der Waals surface area (Å²) in [5, 5.41) is 21.5. The molecule has 0 spiro atoms. The first-order chi connectivity index (χ1) is 29.7. The van der Waals surface area contributed by atoms with Crippen molar-refractivity contribution in [2.24, 2.45) is 16.7 Å². The predicted octanol–water partition coefficient (Wildman–Crippen LogP) is 6.43. The summed E-state index contributed by atoms with van der Waals surface area (Å²) < 4.78 is 7.72. The van der Waals surface area contributed by atoms with Crippen LogP contribution in [0.3, 0.4) is 0 Å². The van der Waals surface area contributed by atoms with Gasteiger partial charge in [-0.05, 0) is 92.6 Å². The Morgan fingerprint density at radius 2 is 1.53 bits per heavy atom. The van der Waals surface area contributed by atoms with Crippen LogP contribution < -0.4 is 30.7 Å². The zero-order chi connectivity index (χ0) is 43.5. The van der Waals surface area contributed by atoms with Gasteiger partial charge in [0.05, 0.1) is 21.7 Å². The lowest BCUT2D eigenvalue weighted by molar-refractivity contribution is -0.164. The molecule has 1 atom stereocenters. The minimum atomic E-state index is -0.770. The number of rotatable bonds is 10. The number of ether oxygens (including phenoxy) is 1. The fraction of sp³-hybridized carbons (Fsp3) is 0.500. The number of carbonyl (C=O) groups excluding carboxylic acids is 3. The Bertz CT molecular complexity index is 2500. The molecule has 324 valence electrons. The standard InChI is InChI=1S/C48H55ClN8O5/c1-47(2)45(48(3,4)46(47)62-35-13-9-32(27-50)38(49)26-35)52-42(59)31-7-10-33(11-8-31)55-19-17-29(18-20-55)28-54-21-23-56(24-22-54)34-12-14-36-37(25-34)41(30-5-6-30)53-57(44(36)61)39-15-16-40(58)51-43(39)60/h7-14,25-26,29-30,39,45-46H,5-6,15-24,28H2,1-4H3,(H,52,59)(H,51,58,60).